The first-order valence-corrected chi connectivity index (χ1v) is 5.39. The molecule has 0 atom stereocenters. The van der Waals surface area contributed by atoms with Crippen LogP contribution in [0.5, 0.6) is 5.75 Å². The van der Waals surface area contributed by atoms with Crippen molar-refractivity contribution in [3.63, 3.8) is 0 Å². The molecule has 5 nitrogen and oxygen atoms in total. The Morgan fingerprint density at radius 3 is 2.64 bits per heavy atom. The van der Waals surface area contributed by atoms with Crippen molar-refractivity contribution in [1.29, 1.82) is 0 Å². The number of rotatable bonds is 3. The van der Waals surface area contributed by atoms with Gasteiger partial charge in [0.05, 0.1) is 12.3 Å². The summed E-state index contributed by atoms with van der Waals surface area (Å²) in [6.45, 7) is 1.97. The predicted molar refractivity (Wildman–Crippen MR) is 51.8 cm³/mol. The number of hydrogen-bond donors (Lipinski definition) is 2. The first kappa shape index (κ1) is 10.8. The maximum absolute atomic E-state index is 10.9. The van der Waals surface area contributed by atoms with Crippen molar-refractivity contribution in [2.45, 2.75) is 11.8 Å². The molecule has 0 aliphatic rings. The highest BCUT2D eigenvalue weighted by molar-refractivity contribution is 7.86. The molecule has 1 aromatic rings. The molecule has 6 heteroatoms. The topological polar surface area (TPSA) is 89.6 Å². The van der Waals surface area contributed by atoms with Crippen LogP contribution in [0.1, 0.15) is 6.92 Å². The normalized spacial score (nSPS) is 11.3. The summed E-state index contributed by atoms with van der Waals surface area (Å²) in [6.07, 6.45) is 0. The summed E-state index contributed by atoms with van der Waals surface area (Å²) in [7, 11) is -4.28. The number of nitrogens with two attached hydrogens (primary N) is 1. The number of anilines is 1. The summed E-state index contributed by atoms with van der Waals surface area (Å²) in [4.78, 5) is -0.306. The quantitative estimate of drug-likeness (QED) is 0.580. The van der Waals surface area contributed by atoms with Crippen LogP contribution in [0, 0.1) is 0 Å². The SMILES string of the molecule is CCOc1c(N)cccc1S(=O)(=O)O. The van der Waals surface area contributed by atoms with Crippen LogP contribution in [-0.2, 0) is 10.1 Å². The second-order valence-corrected chi connectivity index (χ2v) is 3.97. The van der Waals surface area contributed by atoms with Gasteiger partial charge in [0.15, 0.2) is 5.75 Å². The molecule has 0 bridgehead atoms. The van der Waals surface area contributed by atoms with Crippen molar-refractivity contribution in [3.05, 3.63) is 18.2 Å². The molecule has 0 aromatic heterocycles. The van der Waals surface area contributed by atoms with Gasteiger partial charge in [-0.25, -0.2) is 0 Å². The highest BCUT2D eigenvalue weighted by Gasteiger charge is 2.18. The lowest BCUT2D eigenvalue weighted by Gasteiger charge is -2.09. The Kier molecular flexibility index (Phi) is 2.97. The molecule has 0 radical (unpaired) electrons. The Labute approximate surface area is 82.2 Å². The van der Waals surface area contributed by atoms with E-state index in [9.17, 15) is 8.42 Å². The van der Waals surface area contributed by atoms with E-state index >= 15 is 0 Å². The van der Waals surface area contributed by atoms with Crippen LogP contribution in [0.4, 0.5) is 5.69 Å². The van der Waals surface area contributed by atoms with Crippen molar-refractivity contribution in [2.75, 3.05) is 12.3 Å². The molecule has 0 aliphatic carbocycles. The fourth-order valence-electron chi connectivity index (χ4n) is 1.03. The van der Waals surface area contributed by atoms with Gasteiger partial charge in [-0.15, -0.1) is 0 Å². The van der Waals surface area contributed by atoms with Gasteiger partial charge in [-0.05, 0) is 19.1 Å². The van der Waals surface area contributed by atoms with Crippen LogP contribution in [0.2, 0.25) is 0 Å². The van der Waals surface area contributed by atoms with E-state index in [1.807, 2.05) is 0 Å². The van der Waals surface area contributed by atoms with E-state index in [0.717, 1.165) is 0 Å². The van der Waals surface area contributed by atoms with Crippen LogP contribution in [0.15, 0.2) is 23.1 Å². The summed E-state index contributed by atoms with van der Waals surface area (Å²) in [5.41, 5.74) is 5.69. The molecule has 14 heavy (non-hydrogen) atoms. The molecule has 0 aliphatic heterocycles. The Morgan fingerprint density at radius 1 is 1.50 bits per heavy atom. The summed E-state index contributed by atoms with van der Waals surface area (Å²) in [5.74, 6) is -0.00231. The van der Waals surface area contributed by atoms with E-state index in [1.165, 1.54) is 18.2 Å². The van der Waals surface area contributed by atoms with Crippen molar-refractivity contribution in [3.8, 4) is 5.75 Å². The summed E-state index contributed by atoms with van der Waals surface area (Å²) in [5, 5.41) is 0. The largest absolute Gasteiger partial charge is 0.490 e. The van der Waals surface area contributed by atoms with Crippen LogP contribution < -0.4 is 10.5 Å². The van der Waals surface area contributed by atoms with E-state index in [4.69, 9.17) is 15.0 Å². The van der Waals surface area contributed by atoms with Crippen LogP contribution in [-0.4, -0.2) is 19.6 Å². The average molecular weight is 217 g/mol. The van der Waals surface area contributed by atoms with Gasteiger partial charge in [0.2, 0.25) is 0 Å². The van der Waals surface area contributed by atoms with Crippen molar-refractivity contribution in [2.24, 2.45) is 0 Å². The highest BCUT2D eigenvalue weighted by Crippen LogP contribution is 2.29. The smallest absolute Gasteiger partial charge is 0.298 e. The van der Waals surface area contributed by atoms with Crippen LogP contribution >= 0.6 is 0 Å². The van der Waals surface area contributed by atoms with E-state index in [1.54, 1.807) is 6.92 Å². The second kappa shape index (κ2) is 3.85. The van der Waals surface area contributed by atoms with E-state index in [0.29, 0.717) is 0 Å². The van der Waals surface area contributed by atoms with Gasteiger partial charge in [0, 0.05) is 0 Å². The minimum absolute atomic E-state index is 0.00231. The maximum Gasteiger partial charge on any atom is 0.298 e. The Balaban J connectivity index is 3.36. The fourth-order valence-corrected chi connectivity index (χ4v) is 1.70. The van der Waals surface area contributed by atoms with E-state index in [2.05, 4.69) is 0 Å². The lowest BCUT2D eigenvalue weighted by molar-refractivity contribution is 0.331. The molecule has 1 aromatic carbocycles. The molecule has 0 fully saturated rings. The number of nitrogen functional groups attached to an aromatic ring is 1. The Bertz CT molecular complexity index is 427. The zero-order valence-electron chi connectivity index (χ0n) is 7.60. The molecule has 0 heterocycles. The zero-order valence-corrected chi connectivity index (χ0v) is 8.41. The lowest BCUT2D eigenvalue weighted by atomic mass is 10.3. The molecule has 1 rings (SSSR count). The van der Waals surface area contributed by atoms with E-state index < -0.39 is 10.1 Å². The van der Waals surface area contributed by atoms with Crippen LogP contribution in [0.3, 0.4) is 0 Å². The minimum Gasteiger partial charge on any atom is -0.490 e. The van der Waals surface area contributed by atoms with E-state index in [-0.39, 0.29) is 22.9 Å². The third-order valence-electron chi connectivity index (χ3n) is 1.58. The number of ether oxygens (including phenoxy) is 1. The van der Waals surface area contributed by atoms with Gasteiger partial charge in [0.25, 0.3) is 10.1 Å². The summed E-state index contributed by atoms with van der Waals surface area (Å²) < 4.78 is 35.7. The van der Waals surface area contributed by atoms with Gasteiger partial charge < -0.3 is 10.5 Å². The molecule has 78 valence electrons. The average Bonchev–Trinajstić information content (AvgIpc) is 2.07. The molecular weight excluding hydrogens is 206 g/mol. The van der Waals surface area contributed by atoms with Crippen LogP contribution in [0.25, 0.3) is 0 Å². The monoisotopic (exact) mass is 217 g/mol. The number of hydrogen-bond acceptors (Lipinski definition) is 4. The molecule has 0 amide bonds. The third-order valence-corrected chi connectivity index (χ3v) is 2.45. The standard InChI is InChI=1S/C8H11NO4S/c1-2-13-8-6(9)4-3-5-7(8)14(10,11)12/h3-5H,2,9H2,1H3,(H,10,11,12). The molecule has 0 unspecified atom stereocenters. The molecule has 3 N–H and O–H groups in total. The second-order valence-electron chi connectivity index (χ2n) is 2.58. The summed E-state index contributed by atoms with van der Waals surface area (Å²) >= 11 is 0. The van der Waals surface area contributed by atoms with Gasteiger partial charge in [-0.2, -0.15) is 8.42 Å². The van der Waals surface area contributed by atoms with Crippen molar-refractivity contribution < 1.29 is 17.7 Å². The molecule has 0 spiro atoms. The van der Waals surface area contributed by atoms with Crippen molar-refractivity contribution in [1.82, 2.24) is 0 Å². The minimum atomic E-state index is -4.28. The zero-order chi connectivity index (χ0) is 10.8. The van der Waals surface area contributed by atoms with Crippen molar-refractivity contribution >= 4 is 15.8 Å². The Hall–Kier alpha value is -1.27. The third kappa shape index (κ3) is 2.15. The van der Waals surface area contributed by atoms with Gasteiger partial charge >= 0.3 is 0 Å². The van der Waals surface area contributed by atoms with Gasteiger partial charge in [-0.1, -0.05) is 6.07 Å². The van der Waals surface area contributed by atoms with Gasteiger partial charge in [0.1, 0.15) is 4.90 Å². The highest BCUT2D eigenvalue weighted by atomic mass is 32.2. The predicted octanol–water partition coefficient (Wildman–Crippen LogP) is 0.914. The summed E-state index contributed by atoms with van der Waals surface area (Å²) in [6, 6.07) is 4.16. The first-order chi connectivity index (χ1) is 6.46. The van der Waals surface area contributed by atoms with Gasteiger partial charge in [-0.3, -0.25) is 4.55 Å². The lowest BCUT2D eigenvalue weighted by Crippen LogP contribution is -2.05. The Morgan fingerprint density at radius 2 is 2.14 bits per heavy atom. The molecule has 0 saturated carbocycles. The first-order valence-electron chi connectivity index (χ1n) is 3.95. The number of benzene rings is 1. The maximum atomic E-state index is 10.9. The fraction of sp³-hybridized carbons (Fsp3) is 0.250. The molecule has 0 saturated heterocycles. The number of para-hydroxylation sites is 1. The molecular formula is C8H11NO4S.